The Labute approximate surface area is 103 Å². The van der Waals surface area contributed by atoms with Gasteiger partial charge in [-0.25, -0.2) is 4.90 Å². The van der Waals surface area contributed by atoms with Gasteiger partial charge >= 0.3 is 0 Å². The number of aromatic nitrogens is 2. The summed E-state index contributed by atoms with van der Waals surface area (Å²) in [6.07, 6.45) is 1.67. The number of nitrogens with two attached hydrogens (primary N) is 1. The second-order valence-electron chi connectivity index (χ2n) is 4.06. The zero-order valence-electron chi connectivity index (χ0n) is 9.62. The van der Waals surface area contributed by atoms with Crippen LogP contribution in [0.5, 0.6) is 0 Å². The van der Waals surface area contributed by atoms with Gasteiger partial charge in [0.25, 0.3) is 11.8 Å². The van der Waals surface area contributed by atoms with Gasteiger partial charge in [-0.15, -0.1) is 0 Å². The van der Waals surface area contributed by atoms with Crippen LogP contribution in [0.4, 0.5) is 11.5 Å². The Morgan fingerprint density at radius 3 is 2.56 bits per heavy atom. The van der Waals surface area contributed by atoms with Gasteiger partial charge in [-0.3, -0.25) is 14.3 Å². The number of amides is 2. The number of nitrogens with zero attached hydrogens (tertiary/aromatic N) is 3. The maximum atomic E-state index is 12.2. The molecule has 1 aliphatic rings. The van der Waals surface area contributed by atoms with Crippen LogP contribution in [0.1, 0.15) is 20.7 Å². The van der Waals surface area contributed by atoms with E-state index in [2.05, 4.69) is 5.10 Å². The summed E-state index contributed by atoms with van der Waals surface area (Å²) < 4.78 is 1.53. The van der Waals surface area contributed by atoms with E-state index in [9.17, 15) is 9.59 Å². The minimum absolute atomic E-state index is 0.258. The van der Waals surface area contributed by atoms with E-state index in [0.29, 0.717) is 17.1 Å². The number of hydrogen-bond donors (Lipinski definition) is 1. The third-order valence-corrected chi connectivity index (χ3v) is 2.88. The molecule has 1 aliphatic heterocycles. The molecule has 2 amide bonds. The lowest BCUT2D eigenvalue weighted by atomic mass is 10.1. The van der Waals surface area contributed by atoms with Crippen LogP contribution in [0.3, 0.4) is 0 Å². The van der Waals surface area contributed by atoms with Crippen LogP contribution in [0.25, 0.3) is 0 Å². The molecule has 1 aromatic heterocycles. The van der Waals surface area contributed by atoms with E-state index in [1.54, 1.807) is 37.5 Å². The quantitative estimate of drug-likeness (QED) is 0.592. The SMILES string of the molecule is Cn1ccc(N2C(=O)c3cccc(N)c3C2=O)n1. The van der Waals surface area contributed by atoms with Crippen molar-refractivity contribution in [3.8, 4) is 0 Å². The van der Waals surface area contributed by atoms with Gasteiger partial charge in [0, 0.05) is 25.0 Å². The maximum absolute atomic E-state index is 12.2. The van der Waals surface area contributed by atoms with E-state index in [0.717, 1.165) is 4.90 Å². The molecule has 0 atom stereocenters. The zero-order valence-corrected chi connectivity index (χ0v) is 9.62. The standard InChI is InChI=1S/C12H10N4O2/c1-15-6-5-9(14-15)16-11(17)7-3-2-4-8(13)10(7)12(16)18/h2-6H,13H2,1H3. The van der Waals surface area contributed by atoms with Crippen LogP contribution in [0.2, 0.25) is 0 Å². The fourth-order valence-electron chi connectivity index (χ4n) is 2.04. The summed E-state index contributed by atoms with van der Waals surface area (Å²) in [4.78, 5) is 25.4. The molecule has 0 fully saturated rings. The molecule has 1 aromatic carbocycles. The van der Waals surface area contributed by atoms with E-state index in [4.69, 9.17) is 5.73 Å². The number of benzene rings is 1. The lowest BCUT2D eigenvalue weighted by Crippen LogP contribution is -2.30. The Hall–Kier alpha value is -2.63. The van der Waals surface area contributed by atoms with Crippen LogP contribution in [-0.2, 0) is 7.05 Å². The fourth-order valence-corrected chi connectivity index (χ4v) is 2.04. The molecule has 2 heterocycles. The maximum Gasteiger partial charge on any atom is 0.269 e. The highest BCUT2D eigenvalue weighted by atomic mass is 16.2. The van der Waals surface area contributed by atoms with Crippen molar-refractivity contribution in [1.29, 1.82) is 0 Å². The van der Waals surface area contributed by atoms with Crippen LogP contribution in [-0.4, -0.2) is 21.6 Å². The third kappa shape index (κ3) is 1.26. The second kappa shape index (κ2) is 3.43. The number of carbonyl (C=O) groups is 2. The summed E-state index contributed by atoms with van der Waals surface area (Å²) >= 11 is 0. The van der Waals surface area contributed by atoms with E-state index in [-0.39, 0.29) is 11.5 Å². The number of imide groups is 1. The smallest absolute Gasteiger partial charge is 0.269 e. The minimum Gasteiger partial charge on any atom is -0.398 e. The number of carbonyl (C=O) groups excluding carboxylic acids is 2. The predicted octanol–water partition coefficient (Wildman–Crippen LogP) is 0.803. The lowest BCUT2D eigenvalue weighted by Gasteiger charge is -2.09. The number of nitrogen functional groups attached to an aromatic ring is 1. The van der Waals surface area contributed by atoms with Crippen molar-refractivity contribution < 1.29 is 9.59 Å². The molecule has 0 bridgehead atoms. The van der Waals surface area contributed by atoms with E-state index in [1.165, 1.54) is 4.68 Å². The van der Waals surface area contributed by atoms with Gasteiger partial charge in [0.2, 0.25) is 0 Å². The first-order valence-corrected chi connectivity index (χ1v) is 5.36. The van der Waals surface area contributed by atoms with Gasteiger partial charge in [0.1, 0.15) is 0 Å². The van der Waals surface area contributed by atoms with Crippen LogP contribution < -0.4 is 10.6 Å². The number of hydrogen-bond acceptors (Lipinski definition) is 4. The average molecular weight is 242 g/mol. The second-order valence-corrected chi connectivity index (χ2v) is 4.06. The monoisotopic (exact) mass is 242 g/mol. The van der Waals surface area contributed by atoms with Crippen molar-refractivity contribution in [1.82, 2.24) is 9.78 Å². The van der Waals surface area contributed by atoms with Crippen molar-refractivity contribution in [2.24, 2.45) is 7.05 Å². The molecule has 0 saturated heterocycles. The Balaban J connectivity index is 2.16. The first-order valence-electron chi connectivity index (χ1n) is 5.36. The Kier molecular flexibility index (Phi) is 2.00. The van der Waals surface area contributed by atoms with E-state index in [1.807, 2.05) is 0 Å². The van der Waals surface area contributed by atoms with Gasteiger partial charge in [-0.05, 0) is 12.1 Å². The molecule has 6 heteroatoms. The van der Waals surface area contributed by atoms with Crippen LogP contribution in [0, 0.1) is 0 Å². The molecule has 0 spiro atoms. The van der Waals surface area contributed by atoms with Gasteiger partial charge in [0.15, 0.2) is 5.82 Å². The normalized spacial score (nSPS) is 14.2. The molecule has 2 aromatic rings. The molecule has 0 unspecified atom stereocenters. The molecule has 0 aliphatic carbocycles. The largest absolute Gasteiger partial charge is 0.398 e. The Bertz CT molecular complexity index is 674. The summed E-state index contributed by atoms with van der Waals surface area (Å²) in [5.74, 6) is -0.504. The van der Waals surface area contributed by atoms with E-state index < -0.39 is 5.91 Å². The molecule has 90 valence electrons. The van der Waals surface area contributed by atoms with Crippen molar-refractivity contribution in [2.45, 2.75) is 0 Å². The summed E-state index contributed by atoms with van der Waals surface area (Å²) in [7, 11) is 1.72. The van der Waals surface area contributed by atoms with Crippen LogP contribution in [0.15, 0.2) is 30.5 Å². The first-order chi connectivity index (χ1) is 8.59. The molecular formula is C12H10N4O2. The van der Waals surface area contributed by atoms with Crippen molar-refractivity contribution in [3.63, 3.8) is 0 Å². The molecule has 18 heavy (non-hydrogen) atoms. The summed E-state index contributed by atoms with van der Waals surface area (Å²) in [6.45, 7) is 0. The summed E-state index contributed by atoms with van der Waals surface area (Å²) in [5, 5.41) is 4.07. The molecular weight excluding hydrogens is 232 g/mol. The highest BCUT2D eigenvalue weighted by Crippen LogP contribution is 2.30. The van der Waals surface area contributed by atoms with Gasteiger partial charge in [-0.2, -0.15) is 5.10 Å². The molecule has 6 nitrogen and oxygen atoms in total. The molecule has 0 radical (unpaired) electrons. The van der Waals surface area contributed by atoms with Gasteiger partial charge in [0.05, 0.1) is 11.1 Å². The van der Waals surface area contributed by atoms with Gasteiger partial charge < -0.3 is 5.73 Å². The molecule has 3 rings (SSSR count). The first kappa shape index (κ1) is 10.5. The third-order valence-electron chi connectivity index (χ3n) is 2.88. The minimum atomic E-state index is -0.424. The van der Waals surface area contributed by atoms with Crippen molar-refractivity contribution in [3.05, 3.63) is 41.6 Å². The highest BCUT2D eigenvalue weighted by Gasteiger charge is 2.39. The van der Waals surface area contributed by atoms with Gasteiger partial charge in [-0.1, -0.05) is 6.07 Å². The van der Waals surface area contributed by atoms with Crippen molar-refractivity contribution in [2.75, 3.05) is 10.6 Å². The lowest BCUT2D eigenvalue weighted by molar-refractivity contribution is 0.0925. The van der Waals surface area contributed by atoms with Crippen LogP contribution >= 0.6 is 0 Å². The topological polar surface area (TPSA) is 81.2 Å². The summed E-state index contributed by atoms with van der Waals surface area (Å²) in [6, 6.07) is 6.46. The molecule has 2 N–H and O–H groups in total. The summed E-state index contributed by atoms with van der Waals surface area (Å²) in [5.41, 5.74) is 6.64. The predicted molar refractivity (Wildman–Crippen MR) is 65.2 cm³/mol. The Morgan fingerprint density at radius 2 is 1.94 bits per heavy atom. The molecule has 0 saturated carbocycles. The fraction of sp³-hybridized carbons (Fsp3) is 0.0833. The average Bonchev–Trinajstić information content (AvgIpc) is 2.84. The van der Waals surface area contributed by atoms with E-state index >= 15 is 0 Å². The Morgan fingerprint density at radius 1 is 1.17 bits per heavy atom. The highest BCUT2D eigenvalue weighted by molar-refractivity contribution is 6.35. The van der Waals surface area contributed by atoms with Crippen molar-refractivity contribution >= 4 is 23.3 Å². The number of fused-ring (bicyclic) bond motifs is 1. The number of aryl methyl sites for hydroxylation is 1. The zero-order chi connectivity index (χ0) is 12.9. The number of anilines is 2. The number of rotatable bonds is 1.